The molecule has 0 radical (unpaired) electrons. The van der Waals surface area contributed by atoms with Crippen LogP contribution in [-0.4, -0.2) is 41.3 Å². The molecule has 0 saturated carbocycles. The van der Waals surface area contributed by atoms with Crippen LogP contribution in [0, 0.1) is 0 Å². The third-order valence-corrected chi connectivity index (χ3v) is 1.90. The monoisotopic (exact) mass is 260 g/mol. The van der Waals surface area contributed by atoms with Crippen LogP contribution in [0.2, 0.25) is 5.28 Å². The van der Waals surface area contributed by atoms with Gasteiger partial charge in [0.05, 0.1) is 6.61 Å². The number of hydrogen-bond donors (Lipinski definition) is 1. The smallest absolute Gasteiger partial charge is 0.322 e. The van der Waals surface area contributed by atoms with Gasteiger partial charge in [-0.2, -0.15) is 15.0 Å². The molecule has 0 fully saturated rings. The summed E-state index contributed by atoms with van der Waals surface area (Å²) in [6.45, 7) is 6.33. The van der Waals surface area contributed by atoms with Gasteiger partial charge in [-0.25, -0.2) is 0 Å². The minimum Gasteiger partial charge on any atom is -0.461 e. The lowest BCUT2D eigenvalue weighted by Crippen LogP contribution is -2.11. The number of halogens is 1. The first-order chi connectivity index (χ1) is 8.26. The van der Waals surface area contributed by atoms with Gasteiger partial charge in [-0.05, 0) is 24.9 Å². The molecule has 1 aromatic heterocycles. The van der Waals surface area contributed by atoms with E-state index in [1.165, 1.54) is 0 Å². The highest BCUT2D eigenvalue weighted by Gasteiger charge is 2.04. The van der Waals surface area contributed by atoms with Crippen molar-refractivity contribution in [2.75, 3.05) is 31.7 Å². The summed E-state index contributed by atoms with van der Waals surface area (Å²) in [5.74, 6) is 0.414. The third-order valence-electron chi connectivity index (χ3n) is 1.73. The summed E-state index contributed by atoms with van der Waals surface area (Å²) < 4.78 is 10.6. The predicted molar refractivity (Wildman–Crippen MR) is 65.6 cm³/mol. The third kappa shape index (κ3) is 5.65. The Balaban J connectivity index is 2.41. The van der Waals surface area contributed by atoms with Crippen molar-refractivity contribution in [2.24, 2.45) is 0 Å². The quantitative estimate of drug-likeness (QED) is 0.719. The van der Waals surface area contributed by atoms with Gasteiger partial charge in [-0.3, -0.25) is 0 Å². The topological polar surface area (TPSA) is 69.2 Å². The van der Waals surface area contributed by atoms with Gasteiger partial charge in [0.15, 0.2) is 0 Å². The summed E-state index contributed by atoms with van der Waals surface area (Å²) in [4.78, 5) is 11.8. The van der Waals surface area contributed by atoms with Gasteiger partial charge in [0.25, 0.3) is 0 Å². The second-order valence-electron chi connectivity index (χ2n) is 3.20. The Morgan fingerprint density at radius 2 is 1.94 bits per heavy atom. The zero-order valence-corrected chi connectivity index (χ0v) is 10.8. The molecule has 17 heavy (non-hydrogen) atoms. The molecule has 1 N–H and O–H groups in total. The van der Waals surface area contributed by atoms with E-state index in [2.05, 4.69) is 27.2 Å². The van der Waals surface area contributed by atoms with E-state index in [1.54, 1.807) is 0 Å². The van der Waals surface area contributed by atoms with Crippen LogP contribution in [0.25, 0.3) is 0 Å². The van der Waals surface area contributed by atoms with Gasteiger partial charge in [-0.1, -0.05) is 6.92 Å². The van der Waals surface area contributed by atoms with Crippen molar-refractivity contribution in [3.05, 3.63) is 5.28 Å². The molecular formula is C10H17ClN4O2. The summed E-state index contributed by atoms with van der Waals surface area (Å²) in [6.07, 6.45) is 0.988. The molecule has 0 amide bonds. The fourth-order valence-electron chi connectivity index (χ4n) is 1.07. The first-order valence-electron chi connectivity index (χ1n) is 5.62. The predicted octanol–water partition coefficient (Wildman–Crippen LogP) is 1.76. The summed E-state index contributed by atoms with van der Waals surface area (Å²) in [6, 6.07) is 0.209. The maximum atomic E-state index is 5.73. The highest BCUT2D eigenvalue weighted by molar-refractivity contribution is 6.28. The molecule has 7 heteroatoms. The maximum Gasteiger partial charge on any atom is 0.322 e. The number of aromatic nitrogens is 3. The number of nitrogens with zero attached hydrogens (tertiary/aromatic N) is 3. The number of rotatable bonds is 8. The summed E-state index contributed by atoms with van der Waals surface area (Å²) in [7, 11) is 0. The van der Waals surface area contributed by atoms with Gasteiger partial charge >= 0.3 is 6.01 Å². The van der Waals surface area contributed by atoms with Crippen molar-refractivity contribution >= 4 is 17.5 Å². The molecule has 0 bridgehead atoms. The van der Waals surface area contributed by atoms with Crippen LogP contribution in [0.1, 0.15) is 20.3 Å². The van der Waals surface area contributed by atoms with Crippen molar-refractivity contribution in [2.45, 2.75) is 20.3 Å². The molecular weight excluding hydrogens is 244 g/mol. The molecule has 0 aliphatic carbocycles. The van der Waals surface area contributed by atoms with Crippen molar-refractivity contribution in [1.82, 2.24) is 15.0 Å². The van der Waals surface area contributed by atoms with E-state index >= 15 is 0 Å². The molecule has 0 aromatic carbocycles. The second-order valence-corrected chi connectivity index (χ2v) is 3.54. The van der Waals surface area contributed by atoms with Crippen molar-refractivity contribution in [3.8, 4) is 6.01 Å². The molecule has 1 rings (SSSR count). The Labute approximate surface area is 106 Å². The van der Waals surface area contributed by atoms with E-state index in [1.807, 2.05) is 6.92 Å². The average molecular weight is 261 g/mol. The number of hydrogen-bond acceptors (Lipinski definition) is 6. The fourth-order valence-corrected chi connectivity index (χ4v) is 1.22. The fraction of sp³-hybridized carbons (Fsp3) is 0.700. The van der Waals surface area contributed by atoms with E-state index in [-0.39, 0.29) is 11.3 Å². The Kier molecular flexibility index (Phi) is 6.57. The molecule has 0 atom stereocenters. The van der Waals surface area contributed by atoms with E-state index in [0.29, 0.717) is 25.7 Å². The Hall–Kier alpha value is -1.14. The lowest BCUT2D eigenvalue weighted by atomic mass is 10.5. The Bertz CT molecular complexity index is 338. The largest absolute Gasteiger partial charge is 0.461 e. The SMILES string of the molecule is CCCOCCOc1nc(Cl)nc(NCC)n1. The lowest BCUT2D eigenvalue weighted by molar-refractivity contribution is 0.0972. The molecule has 1 heterocycles. The van der Waals surface area contributed by atoms with Crippen LogP contribution in [0.15, 0.2) is 0 Å². The van der Waals surface area contributed by atoms with Crippen molar-refractivity contribution in [1.29, 1.82) is 0 Å². The minimum atomic E-state index is 0.112. The number of ether oxygens (including phenoxy) is 2. The highest BCUT2D eigenvalue weighted by atomic mass is 35.5. The van der Waals surface area contributed by atoms with E-state index in [0.717, 1.165) is 13.0 Å². The van der Waals surface area contributed by atoms with E-state index in [4.69, 9.17) is 21.1 Å². The second kappa shape index (κ2) is 8.03. The number of anilines is 1. The van der Waals surface area contributed by atoms with Crippen LogP contribution in [0.5, 0.6) is 6.01 Å². The van der Waals surface area contributed by atoms with Crippen LogP contribution < -0.4 is 10.1 Å². The molecule has 0 saturated heterocycles. The van der Waals surface area contributed by atoms with E-state index < -0.39 is 0 Å². The van der Waals surface area contributed by atoms with Gasteiger partial charge in [0.2, 0.25) is 11.2 Å². The molecule has 0 spiro atoms. The van der Waals surface area contributed by atoms with Crippen LogP contribution >= 0.6 is 11.6 Å². The van der Waals surface area contributed by atoms with Crippen molar-refractivity contribution < 1.29 is 9.47 Å². The normalized spacial score (nSPS) is 10.3. The summed E-state index contributed by atoms with van der Waals surface area (Å²) in [5.41, 5.74) is 0. The zero-order chi connectivity index (χ0) is 12.5. The Morgan fingerprint density at radius 3 is 2.65 bits per heavy atom. The number of nitrogens with one attached hydrogen (secondary N) is 1. The van der Waals surface area contributed by atoms with Crippen LogP contribution in [0.3, 0.4) is 0 Å². The molecule has 0 aliphatic rings. The minimum absolute atomic E-state index is 0.112. The summed E-state index contributed by atoms with van der Waals surface area (Å²) in [5, 5.41) is 3.05. The van der Waals surface area contributed by atoms with E-state index in [9.17, 15) is 0 Å². The average Bonchev–Trinajstić information content (AvgIpc) is 2.28. The van der Waals surface area contributed by atoms with Gasteiger partial charge in [0.1, 0.15) is 6.61 Å². The van der Waals surface area contributed by atoms with Gasteiger partial charge in [0, 0.05) is 13.2 Å². The molecule has 0 unspecified atom stereocenters. The molecule has 96 valence electrons. The Morgan fingerprint density at radius 1 is 1.12 bits per heavy atom. The molecule has 1 aromatic rings. The van der Waals surface area contributed by atoms with Crippen LogP contribution in [-0.2, 0) is 4.74 Å². The van der Waals surface area contributed by atoms with Gasteiger partial charge < -0.3 is 14.8 Å². The highest BCUT2D eigenvalue weighted by Crippen LogP contribution is 2.10. The zero-order valence-electron chi connectivity index (χ0n) is 10.1. The first-order valence-corrected chi connectivity index (χ1v) is 6.00. The van der Waals surface area contributed by atoms with Gasteiger partial charge in [-0.15, -0.1) is 0 Å². The first kappa shape index (κ1) is 13.9. The maximum absolute atomic E-state index is 5.73. The lowest BCUT2D eigenvalue weighted by Gasteiger charge is -2.06. The summed E-state index contributed by atoms with van der Waals surface area (Å²) >= 11 is 5.73. The van der Waals surface area contributed by atoms with Crippen molar-refractivity contribution in [3.63, 3.8) is 0 Å². The molecule has 0 aliphatic heterocycles. The standard InChI is InChI=1S/C10H17ClN4O2/c1-3-5-16-6-7-17-10-14-8(11)13-9(15-10)12-4-2/h3-7H2,1-2H3,(H,12,13,14,15). The van der Waals surface area contributed by atoms with Crippen LogP contribution in [0.4, 0.5) is 5.95 Å². The molecule has 6 nitrogen and oxygen atoms in total.